The Morgan fingerprint density at radius 2 is 1.89 bits per heavy atom. The Labute approximate surface area is 229 Å². The van der Waals surface area contributed by atoms with Crippen LogP contribution in [0.2, 0.25) is 0 Å². The van der Waals surface area contributed by atoms with Crippen LogP contribution < -0.4 is 24.4 Å². The minimum absolute atomic E-state index is 0.216. The lowest BCUT2D eigenvalue weighted by Crippen LogP contribution is -2.39. The lowest BCUT2D eigenvalue weighted by atomic mass is 9.96. The van der Waals surface area contributed by atoms with Gasteiger partial charge in [-0.05, 0) is 72.6 Å². The molecule has 1 atom stereocenters. The highest BCUT2D eigenvalue weighted by Crippen LogP contribution is 2.34. The van der Waals surface area contributed by atoms with Gasteiger partial charge in [-0.1, -0.05) is 39.4 Å². The lowest BCUT2D eigenvalue weighted by Gasteiger charge is -2.24. The summed E-state index contributed by atoms with van der Waals surface area (Å²) < 4.78 is 20.1. The molecule has 188 valence electrons. The van der Waals surface area contributed by atoms with Crippen LogP contribution >= 0.6 is 43.2 Å². The molecule has 0 spiro atoms. The van der Waals surface area contributed by atoms with Gasteiger partial charge in [0.2, 0.25) is 0 Å². The van der Waals surface area contributed by atoms with E-state index in [0.29, 0.717) is 38.7 Å². The van der Waals surface area contributed by atoms with Crippen LogP contribution in [0.3, 0.4) is 0 Å². The Hall–Kier alpha value is -2.69. The van der Waals surface area contributed by atoms with Crippen molar-refractivity contribution in [1.29, 1.82) is 0 Å². The SMILES string of the molecule is CCOC(=O)C1=C(C)N=c2s/c(=C\c3cc(Br)cc(Br)c3OC)c(=O)n2[C@H]1c1ccc(OCC)cc1. The van der Waals surface area contributed by atoms with Crippen molar-refractivity contribution in [3.63, 3.8) is 0 Å². The Balaban J connectivity index is 1.95. The zero-order chi connectivity index (χ0) is 26.0. The van der Waals surface area contributed by atoms with E-state index < -0.39 is 12.0 Å². The number of nitrogens with zero attached hydrogens (tertiary/aromatic N) is 2. The summed E-state index contributed by atoms with van der Waals surface area (Å²) in [7, 11) is 1.58. The first-order chi connectivity index (χ1) is 17.3. The van der Waals surface area contributed by atoms with Gasteiger partial charge < -0.3 is 14.2 Å². The van der Waals surface area contributed by atoms with Gasteiger partial charge in [-0.2, -0.15) is 0 Å². The van der Waals surface area contributed by atoms with Crippen LogP contribution in [0.25, 0.3) is 6.08 Å². The standard InChI is InChI=1S/C26H24Br2N2O5S/c1-5-34-18-9-7-15(8-10-18)22-21(25(32)35-6-2)14(3)29-26-30(22)24(31)20(36-26)12-16-11-17(27)13-19(28)23(16)33-4/h7-13,22H,5-6H2,1-4H3/b20-12-/t22-/m0/s1. The highest BCUT2D eigenvalue weighted by atomic mass is 79.9. The molecule has 2 aromatic carbocycles. The normalized spacial score (nSPS) is 15.4. The van der Waals surface area contributed by atoms with E-state index in [1.54, 1.807) is 31.6 Å². The number of hydrogen-bond donors (Lipinski definition) is 0. The van der Waals surface area contributed by atoms with E-state index in [-0.39, 0.29) is 12.2 Å². The molecule has 7 nitrogen and oxygen atoms in total. The molecule has 0 aliphatic carbocycles. The maximum Gasteiger partial charge on any atom is 0.338 e. The summed E-state index contributed by atoms with van der Waals surface area (Å²) in [5.41, 5.74) is 2.07. The maximum absolute atomic E-state index is 13.8. The molecule has 1 aliphatic rings. The largest absolute Gasteiger partial charge is 0.495 e. The number of aromatic nitrogens is 1. The fourth-order valence-corrected chi connectivity index (χ4v) is 6.52. The van der Waals surface area contributed by atoms with E-state index in [9.17, 15) is 9.59 Å². The number of fused-ring (bicyclic) bond motifs is 1. The van der Waals surface area contributed by atoms with E-state index in [0.717, 1.165) is 20.1 Å². The van der Waals surface area contributed by atoms with Crippen LogP contribution in [0.4, 0.5) is 0 Å². The number of ether oxygens (including phenoxy) is 3. The summed E-state index contributed by atoms with van der Waals surface area (Å²) in [6.45, 7) is 6.18. The molecule has 4 rings (SSSR count). The van der Waals surface area contributed by atoms with Crippen LogP contribution in [0.1, 0.15) is 37.9 Å². The molecule has 0 amide bonds. The maximum atomic E-state index is 13.8. The summed E-state index contributed by atoms with van der Waals surface area (Å²) in [5.74, 6) is 0.819. The summed E-state index contributed by atoms with van der Waals surface area (Å²) in [4.78, 5) is 31.9. The van der Waals surface area contributed by atoms with Crippen LogP contribution in [0.5, 0.6) is 11.5 Å². The molecule has 36 heavy (non-hydrogen) atoms. The Morgan fingerprint density at radius 3 is 2.53 bits per heavy atom. The van der Waals surface area contributed by atoms with Crippen molar-refractivity contribution in [3.05, 3.63) is 87.4 Å². The van der Waals surface area contributed by atoms with Crippen molar-refractivity contribution in [2.24, 2.45) is 4.99 Å². The third-order valence-corrected chi connectivity index (χ3v) is 7.58. The molecule has 1 aromatic heterocycles. The monoisotopic (exact) mass is 634 g/mol. The van der Waals surface area contributed by atoms with Gasteiger partial charge in [-0.15, -0.1) is 0 Å². The minimum atomic E-state index is -0.686. The Kier molecular flexibility index (Phi) is 8.17. The van der Waals surface area contributed by atoms with Gasteiger partial charge in [-0.3, -0.25) is 9.36 Å². The van der Waals surface area contributed by atoms with Gasteiger partial charge >= 0.3 is 5.97 Å². The van der Waals surface area contributed by atoms with E-state index >= 15 is 0 Å². The van der Waals surface area contributed by atoms with E-state index in [4.69, 9.17) is 14.2 Å². The van der Waals surface area contributed by atoms with Crippen molar-refractivity contribution >= 4 is 55.2 Å². The highest BCUT2D eigenvalue weighted by Gasteiger charge is 2.33. The number of benzene rings is 2. The van der Waals surface area contributed by atoms with Crippen LogP contribution in [-0.2, 0) is 9.53 Å². The van der Waals surface area contributed by atoms with Gasteiger partial charge in [0.05, 0.1) is 46.6 Å². The average molecular weight is 636 g/mol. The molecular weight excluding hydrogens is 612 g/mol. The third-order valence-electron chi connectivity index (χ3n) is 5.55. The average Bonchev–Trinajstić information content (AvgIpc) is 3.13. The molecule has 3 aromatic rings. The number of esters is 1. The molecular formula is C26H24Br2N2O5S. The topological polar surface area (TPSA) is 79.1 Å². The minimum Gasteiger partial charge on any atom is -0.495 e. The number of hydrogen-bond acceptors (Lipinski definition) is 7. The van der Waals surface area contributed by atoms with E-state index in [2.05, 4.69) is 36.9 Å². The first-order valence-electron chi connectivity index (χ1n) is 11.2. The number of carbonyl (C=O) groups excluding carboxylic acids is 1. The fraction of sp³-hybridized carbons (Fsp3) is 0.269. The first kappa shape index (κ1) is 26.4. The summed E-state index contributed by atoms with van der Waals surface area (Å²) in [6.07, 6.45) is 1.77. The summed E-state index contributed by atoms with van der Waals surface area (Å²) in [6, 6.07) is 10.4. The number of rotatable bonds is 7. The van der Waals surface area contributed by atoms with Gasteiger partial charge in [0.25, 0.3) is 5.56 Å². The smallest absolute Gasteiger partial charge is 0.338 e. The molecule has 1 aliphatic heterocycles. The molecule has 10 heteroatoms. The van der Waals surface area contributed by atoms with Gasteiger partial charge in [-0.25, -0.2) is 9.79 Å². The third kappa shape index (κ3) is 5.07. The fourth-order valence-electron chi connectivity index (χ4n) is 4.06. The second kappa shape index (κ2) is 11.1. The number of allylic oxidation sites excluding steroid dienone is 1. The zero-order valence-corrected chi connectivity index (χ0v) is 24.1. The highest BCUT2D eigenvalue weighted by molar-refractivity contribution is 9.11. The van der Waals surface area contributed by atoms with Crippen molar-refractivity contribution in [2.45, 2.75) is 26.8 Å². The molecule has 0 fully saturated rings. The van der Waals surface area contributed by atoms with E-state index in [1.807, 2.05) is 43.3 Å². The number of halogens is 2. The first-order valence-corrected chi connectivity index (χ1v) is 13.6. The predicted molar refractivity (Wildman–Crippen MR) is 146 cm³/mol. The van der Waals surface area contributed by atoms with Gasteiger partial charge in [0.1, 0.15) is 11.5 Å². The van der Waals surface area contributed by atoms with Crippen LogP contribution in [-0.4, -0.2) is 30.9 Å². The molecule has 0 unspecified atom stereocenters. The van der Waals surface area contributed by atoms with Crippen molar-refractivity contribution in [3.8, 4) is 11.5 Å². The number of thiazole rings is 1. The van der Waals surface area contributed by atoms with Crippen molar-refractivity contribution in [2.75, 3.05) is 20.3 Å². The predicted octanol–water partition coefficient (Wildman–Crippen LogP) is 4.73. The Morgan fingerprint density at radius 1 is 1.17 bits per heavy atom. The molecule has 0 saturated heterocycles. The van der Waals surface area contributed by atoms with Gasteiger partial charge in [0, 0.05) is 10.0 Å². The molecule has 0 N–H and O–H groups in total. The zero-order valence-electron chi connectivity index (χ0n) is 20.1. The number of methoxy groups -OCH3 is 1. The lowest BCUT2D eigenvalue weighted by molar-refractivity contribution is -0.139. The van der Waals surface area contributed by atoms with Gasteiger partial charge in [0.15, 0.2) is 4.80 Å². The van der Waals surface area contributed by atoms with Crippen LogP contribution in [0.15, 0.2) is 66.4 Å². The Bertz CT molecular complexity index is 1520. The summed E-state index contributed by atoms with van der Waals surface area (Å²) in [5, 5.41) is 0. The second-order valence-electron chi connectivity index (χ2n) is 7.81. The van der Waals surface area contributed by atoms with Crippen molar-refractivity contribution < 1.29 is 19.0 Å². The number of carbonyl (C=O) groups is 1. The van der Waals surface area contributed by atoms with E-state index in [1.165, 1.54) is 11.3 Å². The molecule has 0 radical (unpaired) electrons. The molecule has 0 bridgehead atoms. The van der Waals surface area contributed by atoms with Crippen LogP contribution in [0, 0.1) is 0 Å². The second-order valence-corrected chi connectivity index (χ2v) is 10.6. The molecule has 2 heterocycles. The summed E-state index contributed by atoms with van der Waals surface area (Å²) >= 11 is 8.26. The molecule has 0 saturated carbocycles. The van der Waals surface area contributed by atoms with Crippen molar-refractivity contribution in [1.82, 2.24) is 4.57 Å². The quantitative estimate of drug-likeness (QED) is 0.351.